The fourth-order valence-electron chi connectivity index (χ4n) is 2.17. The van der Waals surface area contributed by atoms with Crippen molar-refractivity contribution in [3.8, 4) is 0 Å². The van der Waals surface area contributed by atoms with Crippen LogP contribution in [0.1, 0.15) is 15.9 Å². The lowest BCUT2D eigenvalue weighted by Crippen LogP contribution is -2.54. The maximum absolute atomic E-state index is 11.1. The molecule has 0 spiro atoms. The molecule has 102 valence electrons. The first-order valence-corrected chi connectivity index (χ1v) is 6.08. The Labute approximate surface area is 110 Å². The van der Waals surface area contributed by atoms with Crippen LogP contribution in [0.15, 0.2) is 24.3 Å². The Morgan fingerprint density at radius 2 is 1.95 bits per heavy atom. The SMILES string of the molecule is O=C(O)c1ccc(CN2CCNCC2C(=O)O)cc1. The van der Waals surface area contributed by atoms with Crippen LogP contribution < -0.4 is 5.32 Å². The van der Waals surface area contributed by atoms with Gasteiger partial charge in [0.15, 0.2) is 0 Å². The maximum atomic E-state index is 11.1. The predicted octanol–water partition coefficient (Wildman–Crippen LogP) is 0.243. The maximum Gasteiger partial charge on any atom is 0.335 e. The van der Waals surface area contributed by atoms with Crippen LogP contribution >= 0.6 is 0 Å². The van der Waals surface area contributed by atoms with Gasteiger partial charge in [-0.3, -0.25) is 9.69 Å². The Balaban J connectivity index is 2.06. The lowest BCUT2D eigenvalue weighted by molar-refractivity contribution is -0.144. The van der Waals surface area contributed by atoms with Gasteiger partial charge in [-0.2, -0.15) is 0 Å². The number of nitrogens with one attached hydrogen (secondary N) is 1. The van der Waals surface area contributed by atoms with E-state index >= 15 is 0 Å². The molecule has 1 aromatic carbocycles. The molecule has 1 unspecified atom stereocenters. The number of piperazine rings is 1. The lowest BCUT2D eigenvalue weighted by atomic mass is 10.1. The Kier molecular flexibility index (Phi) is 4.13. The summed E-state index contributed by atoms with van der Waals surface area (Å²) in [4.78, 5) is 23.8. The Morgan fingerprint density at radius 1 is 1.26 bits per heavy atom. The van der Waals surface area contributed by atoms with Crippen LogP contribution in [0.4, 0.5) is 0 Å². The first kappa shape index (κ1) is 13.5. The topological polar surface area (TPSA) is 89.9 Å². The minimum Gasteiger partial charge on any atom is -0.480 e. The summed E-state index contributed by atoms with van der Waals surface area (Å²) >= 11 is 0. The van der Waals surface area contributed by atoms with Gasteiger partial charge in [-0.05, 0) is 17.7 Å². The van der Waals surface area contributed by atoms with E-state index in [1.54, 1.807) is 12.1 Å². The summed E-state index contributed by atoms with van der Waals surface area (Å²) < 4.78 is 0. The quantitative estimate of drug-likeness (QED) is 0.722. The number of aromatic carboxylic acids is 1. The molecule has 6 heteroatoms. The molecule has 2 rings (SSSR count). The molecule has 3 N–H and O–H groups in total. The molecule has 0 amide bonds. The molecule has 1 aliphatic rings. The molecule has 1 saturated heterocycles. The summed E-state index contributed by atoms with van der Waals surface area (Å²) in [5.74, 6) is -1.80. The molecule has 19 heavy (non-hydrogen) atoms. The monoisotopic (exact) mass is 264 g/mol. The van der Waals surface area contributed by atoms with E-state index in [2.05, 4.69) is 5.32 Å². The van der Waals surface area contributed by atoms with Crippen LogP contribution in [0, 0.1) is 0 Å². The summed E-state index contributed by atoms with van der Waals surface area (Å²) in [7, 11) is 0. The first-order valence-electron chi connectivity index (χ1n) is 6.08. The van der Waals surface area contributed by atoms with E-state index in [1.807, 2.05) is 4.90 Å². The Bertz CT molecular complexity index is 472. The normalized spacial score (nSPS) is 20.1. The van der Waals surface area contributed by atoms with Gasteiger partial charge in [0.2, 0.25) is 0 Å². The largest absolute Gasteiger partial charge is 0.480 e. The number of hydrogen-bond acceptors (Lipinski definition) is 4. The van der Waals surface area contributed by atoms with Crippen LogP contribution in [-0.2, 0) is 11.3 Å². The first-order chi connectivity index (χ1) is 9.08. The fourth-order valence-corrected chi connectivity index (χ4v) is 2.17. The Morgan fingerprint density at radius 3 is 2.53 bits per heavy atom. The van der Waals surface area contributed by atoms with E-state index < -0.39 is 18.0 Å². The molecule has 1 atom stereocenters. The third-order valence-corrected chi connectivity index (χ3v) is 3.23. The number of aliphatic carboxylic acids is 1. The van der Waals surface area contributed by atoms with Gasteiger partial charge in [-0.15, -0.1) is 0 Å². The average Bonchev–Trinajstić information content (AvgIpc) is 2.39. The van der Waals surface area contributed by atoms with Crippen molar-refractivity contribution in [3.63, 3.8) is 0 Å². The summed E-state index contributed by atoms with van der Waals surface area (Å²) in [5, 5.41) is 21.0. The molecule has 0 bridgehead atoms. The number of carbonyl (C=O) groups is 2. The van der Waals surface area contributed by atoms with Crippen LogP contribution in [-0.4, -0.2) is 52.7 Å². The van der Waals surface area contributed by atoms with E-state index in [-0.39, 0.29) is 5.56 Å². The highest BCUT2D eigenvalue weighted by atomic mass is 16.4. The molecular weight excluding hydrogens is 248 g/mol. The van der Waals surface area contributed by atoms with Gasteiger partial charge in [0.1, 0.15) is 6.04 Å². The molecule has 0 aromatic heterocycles. The van der Waals surface area contributed by atoms with Gasteiger partial charge in [-0.1, -0.05) is 12.1 Å². The summed E-state index contributed by atoms with van der Waals surface area (Å²) in [6.07, 6.45) is 0. The lowest BCUT2D eigenvalue weighted by Gasteiger charge is -2.33. The van der Waals surface area contributed by atoms with E-state index in [0.29, 0.717) is 19.6 Å². The zero-order valence-corrected chi connectivity index (χ0v) is 10.4. The number of benzene rings is 1. The van der Waals surface area contributed by atoms with Gasteiger partial charge in [0, 0.05) is 26.2 Å². The number of rotatable bonds is 4. The average molecular weight is 264 g/mol. The molecule has 0 aliphatic carbocycles. The van der Waals surface area contributed by atoms with E-state index in [1.165, 1.54) is 12.1 Å². The molecule has 1 fully saturated rings. The van der Waals surface area contributed by atoms with Gasteiger partial charge in [0.05, 0.1) is 5.56 Å². The van der Waals surface area contributed by atoms with Crippen LogP contribution in [0.5, 0.6) is 0 Å². The molecule has 0 saturated carbocycles. The van der Waals surface area contributed by atoms with Crippen molar-refractivity contribution in [2.75, 3.05) is 19.6 Å². The number of carboxylic acids is 2. The van der Waals surface area contributed by atoms with Crippen molar-refractivity contribution in [2.45, 2.75) is 12.6 Å². The highest BCUT2D eigenvalue weighted by Crippen LogP contribution is 2.12. The minimum absolute atomic E-state index is 0.235. The van der Waals surface area contributed by atoms with E-state index in [9.17, 15) is 9.59 Å². The standard InChI is InChI=1S/C13H16N2O4/c16-12(17)10-3-1-9(2-4-10)8-15-6-5-14-7-11(15)13(18)19/h1-4,11,14H,5-8H2,(H,16,17)(H,18,19). The third kappa shape index (κ3) is 3.30. The number of carboxylic acid groups (broad SMARTS) is 2. The summed E-state index contributed by atoms with van der Waals surface area (Å²) in [6.45, 7) is 2.37. The highest BCUT2D eigenvalue weighted by Gasteiger charge is 2.28. The second kappa shape index (κ2) is 5.81. The fraction of sp³-hybridized carbons (Fsp3) is 0.385. The van der Waals surface area contributed by atoms with Gasteiger partial charge < -0.3 is 15.5 Å². The van der Waals surface area contributed by atoms with Crippen molar-refractivity contribution in [1.29, 1.82) is 0 Å². The molecule has 1 heterocycles. The van der Waals surface area contributed by atoms with Gasteiger partial charge in [-0.25, -0.2) is 4.79 Å². The van der Waals surface area contributed by atoms with E-state index in [4.69, 9.17) is 10.2 Å². The summed E-state index contributed by atoms with van der Waals surface area (Å²) in [6, 6.07) is 5.99. The van der Waals surface area contributed by atoms with Crippen LogP contribution in [0.2, 0.25) is 0 Å². The molecule has 0 radical (unpaired) electrons. The van der Waals surface area contributed by atoms with Crippen LogP contribution in [0.3, 0.4) is 0 Å². The van der Waals surface area contributed by atoms with E-state index in [0.717, 1.165) is 12.1 Å². The van der Waals surface area contributed by atoms with Crippen molar-refractivity contribution >= 4 is 11.9 Å². The van der Waals surface area contributed by atoms with Crippen molar-refractivity contribution in [2.24, 2.45) is 0 Å². The predicted molar refractivity (Wildman–Crippen MR) is 68.1 cm³/mol. The van der Waals surface area contributed by atoms with Crippen molar-refractivity contribution in [1.82, 2.24) is 10.2 Å². The summed E-state index contributed by atoms with van der Waals surface area (Å²) in [5.41, 5.74) is 1.15. The zero-order valence-electron chi connectivity index (χ0n) is 10.4. The second-order valence-electron chi connectivity index (χ2n) is 4.53. The molecular formula is C13H16N2O4. The Hall–Kier alpha value is -1.92. The third-order valence-electron chi connectivity index (χ3n) is 3.23. The second-order valence-corrected chi connectivity index (χ2v) is 4.53. The van der Waals surface area contributed by atoms with Crippen molar-refractivity contribution < 1.29 is 19.8 Å². The molecule has 1 aromatic rings. The molecule has 6 nitrogen and oxygen atoms in total. The highest BCUT2D eigenvalue weighted by molar-refractivity contribution is 5.87. The molecule has 1 aliphatic heterocycles. The zero-order chi connectivity index (χ0) is 13.8. The number of hydrogen-bond donors (Lipinski definition) is 3. The van der Waals surface area contributed by atoms with Crippen LogP contribution in [0.25, 0.3) is 0 Å². The smallest absolute Gasteiger partial charge is 0.335 e. The van der Waals surface area contributed by atoms with Crippen molar-refractivity contribution in [3.05, 3.63) is 35.4 Å². The number of nitrogens with zero attached hydrogens (tertiary/aromatic N) is 1. The minimum atomic E-state index is -0.961. The van der Waals surface area contributed by atoms with Gasteiger partial charge in [0.25, 0.3) is 0 Å². The van der Waals surface area contributed by atoms with Gasteiger partial charge >= 0.3 is 11.9 Å².